The molecule has 0 aliphatic carbocycles. The summed E-state index contributed by atoms with van der Waals surface area (Å²) >= 11 is 0. The lowest BCUT2D eigenvalue weighted by molar-refractivity contribution is -0.137. The number of aryl methyl sites for hydroxylation is 1. The van der Waals surface area contributed by atoms with Crippen LogP contribution < -0.4 is 10.0 Å². The zero-order valence-electron chi connectivity index (χ0n) is 16.1. The Bertz CT molecular complexity index is 1010. The number of rotatable bonds is 5. The third-order valence-electron chi connectivity index (χ3n) is 4.67. The third-order valence-corrected chi connectivity index (χ3v) is 6.16. The van der Waals surface area contributed by atoms with E-state index in [-0.39, 0.29) is 17.4 Å². The number of benzene rings is 1. The van der Waals surface area contributed by atoms with Gasteiger partial charge in [0.05, 0.1) is 5.56 Å². The summed E-state index contributed by atoms with van der Waals surface area (Å²) in [4.78, 5) is 16.1. The van der Waals surface area contributed by atoms with Gasteiger partial charge in [-0.05, 0) is 37.5 Å². The van der Waals surface area contributed by atoms with Gasteiger partial charge in [-0.15, -0.1) is 0 Å². The van der Waals surface area contributed by atoms with Crippen molar-refractivity contribution in [3.63, 3.8) is 0 Å². The molecule has 2 N–H and O–H groups in total. The number of alkyl halides is 3. The van der Waals surface area contributed by atoms with Crippen molar-refractivity contribution in [3.05, 3.63) is 41.3 Å². The molecule has 1 aliphatic rings. The maximum absolute atomic E-state index is 12.9. The molecule has 0 atom stereocenters. The second-order valence-electron chi connectivity index (χ2n) is 6.94. The SMILES string of the molecule is Cc1ccc(C(F)(F)F)cc1Nc1nc(C(=O)NS(=O)(=O)N2CCCCCC2)co1. The quantitative estimate of drug-likeness (QED) is 0.727. The molecule has 8 nitrogen and oxygen atoms in total. The van der Waals surface area contributed by atoms with Gasteiger partial charge in [0.2, 0.25) is 0 Å². The number of carbonyl (C=O) groups excluding carboxylic acids is 1. The van der Waals surface area contributed by atoms with Crippen LogP contribution in [0, 0.1) is 6.92 Å². The lowest BCUT2D eigenvalue weighted by Gasteiger charge is -2.19. The van der Waals surface area contributed by atoms with Crippen molar-refractivity contribution < 1.29 is 30.8 Å². The van der Waals surface area contributed by atoms with Gasteiger partial charge in [-0.2, -0.15) is 30.9 Å². The standard InChI is InChI=1S/C18H21F3N4O4S/c1-12-6-7-13(18(19,20)21)10-14(12)22-17-23-15(11-29-17)16(26)24-30(27,28)25-8-4-2-3-5-9-25/h6-7,10-11H,2-5,8-9H2,1H3,(H,22,23)(H,24,26). The van der Waals surface area contributed by atoms with E-state index in [2.05, 4.69) is 10.3 Å². The molecule has 12 heteroatoms. The molecule has 1 aromatic carbocycles. The topological polar surface area (TPSA) is 105 Å². The summed E-state index contributed by atoms with van der Waals surface area (Å²) in [5, 5.41) is 2.58. The minimum atomic E-state index is -4.52. The van der Waals surface area contributed by atoms with Crippen LogP contribution in [0.4, 0.5) is 24.9 Å². The highest BCUT2D eigenvalue weighted by atomic mass is 32.2. The molecule has 164 valence electrons. The summed E-state index contributed by atoms with van der Waals surface area (Å²) in [5.74, 6) is -0.989. The van der Waals surface area contributed by atoms with Crippen molar-refractivity contribution in [3.8, 4) is 0 Å². The number of oxazole rings is 1. The van der Waals surface area contributed by atoms with Crippen LogP contribution in [0.2, 0.25) is 0 Å². The average molecular weight is 446 g/mol. The summed E-state index contributed by atoms with van der Waals surface area (Å²) in [7, 11) is -4.03. The molecule has 2 aromatic rings. The van der Waals surface area contributed by atoms with Crippen molar-refractivity contribution in [2.75, 3.05) is 18.4 Å². The largest absolute Gasteiger partial charge is 0.431 e. The van der Waals surface area contributed by atoms with Crippen LogP contribution in [0.25, 0.3) is 0 Å². The highest BCUT2D eigenvalue weighted by Gasteiger charge is 2.31. The van der Waals surface area contributed by atoms with E-state index >= 15 is 0 Å². The lowest BCUT2D eigenvalue weighted by atomic mass is 10.1. The molecule has 2 heterocycles. The summed E-state index contributed by atoms with van der Waals surface area (Å²) < 4.78 is 71.8. The van der Waals surface area contributed by atoms with Gasteiger partial charge in [-0.25, -0.2) is 4.72 Å². The Balaban J connectivity index is 1.71. The Hall–Kier alpha value is -2.60. The maximum Gasteiger partial charge on any atom is 0.416 e. The van der Waals surface area contributed by atoms with E-state index in [9.17, 15) is 26.4 Å². The number of nitrogens with zero attached hydrogens (tertiary/aromatic N) is 2. The molecule has 0 saturated carbocycles. The molecule has 0 radical (unpaired) electrons. The number of halogens is 3. The van der Waals surface area contributed by atoms with E-state index in [1.807, 2.05) is 4.72 Å². The number of hydrogen-bond acceptors (Lipinski definition) is 6. The van der Waals surface area contributed by atoms with E-state index in [4.69, 9.17) is 4.42 Å². The molecule has 1 saturated heterocycles. The first-order valence-electron chi connectivity index (χ1n) is 9.29. The van der Waals surface area contributed by atoms with Crippen LogP contribution in [0.15, 0.2) is 28.9 Å². The fourth-order valence-electron chi connectivity index (χ4n) is 3.00. The molecule has 3 rings (SSSR count). The predicted octanol–water partition coefficient (Wildman–Crippen LogP) is 3.60. The molecule has 0 bridgehead atoms. The molecule has 1 amide bonds. The van der Waals surface area contributed by atoms with E-state index < -0.39 is 27.9 Å². The van der Waals surface area contributed by atoms with Crippen LogP contribution in [0.5, 0.6) is 0 Å². The van der Waals surface area contributed by atoms with Gasteiger partial charge in [-0.1, -0.05) is 18.9 Å². The smallest absolute Gasteiger partial charge is 0.416 e. The highest BCUT2D eigenvalue weighted by Crippen LogP contribution is 2.33. The zero-order chi connectivity index (χ0) is 21.9. The summed E-state index contributed by atoms with van der Waals surface area (Å²) in [6, 6.07) is 2.89. The Morgan fingerprint density at radius 1 is 1.17 bits per heavy atom. The summed E-state index contributed by atoms with van der Waals surface area (Å²) in [6.45, 7) is 2.24. The number of aromatic nitrogens is 1. The number of carbonyl (C=O) groups is 1. The second kappa shape index (κ2) is 8.64. The van der Waals surface area contributed by atoms with E-state index in [0.717, 1.165) is 31.2 Å². The van der Waals surface area contributed by atoms with Crippen molar-refractivity contribution in [1.82, 2.24) is 14.0 Å². The van der Waals surface area contributed by atoms with E-state index in [1.54, 1.807) is 6.92 Å². The summed E-state index contributed by atoms with van der Waals surface area (Å²) in [5.41, 5.74) is -0.587. The van der Waals surface area contributed by atoms with Crippen molar-refractivity contribution in [1.29, 1.82) is 0 Å². The molecule has 0 spiro atoms. The fourth-order valence-corrected chi connectivity index (χ4v) is 4.21. The fraction of sp³-hybridized carbons (Fsp3) is 0.444. The average Bonchev–Trinajstić information content (AvgIpc) is 2.94. The van der Waals surface area contributed by atoms with Crippen LogP contribution in [0.1, 0.15) is 47.3 Å². The number of hydrogen-bond donors (Lipinski definition) is 2. The molecule has 1 aromatic heterocycles. The Labute approximate surface area is 171 Å². The zero-order valence-corrected chi connectivity index (χ0v) is 16.9. The third kappa shape index (κ3) is 5.30. The lowest BCUT2D eigenvalue weighted by Crippen LogP contribution is -2.44. The first kappa shape index (κ1) is 22.1. The molecular weight excluding hydrogens is 425 g/mol. The Kier molecular flexibility index (Phi) is 6.36. The van der Waals surface area contributed by atoms with Gasteiger partial charge in [0.25, 0.3) is 11.9 Å². The van der Waals surface area contributed by atoms with Crippen LogP contribution in [-0.2, 0) is 16.4 Å². The molecule has 1 aliphatic heterocycles. The molecule has 30 heavy (non-hydrogen) atoms. The Morgan fingerprint density at radius 2 is 1.83 bits per heavy atom. The molecule has 0 unspecified atom stereocenters. The minimum Gasteiger partial charge on any atom is -0.431 e. The highest BCUT2D eigenvalue weighted by molar-refractivity contribution is 7.87. The van der Waals surface area contributed by atoms with Crippen LogP contribution in [-0.4, -0.2) is 36.7 Å². The van der Waals surface area contributed by atoms with E-state index in [0.29, 0.717) is 31.5 Å². The molecule has 1 fully saturated rings. The normalized spacial score (nSPS) is 16.1. The van der Waals surface area contributed by atoms with Crippen LogP contribution in [0.3, 0.4) is 0 Å². The predicted molar refractivity (Wildman–Crippen MR) is 102 cm³/mol. The Morgan fingerprint density at radius 3 is 2.47 bits per heavy atom. The first-order chi connectivity index (χ1) is 14.1. The summed E-state index contributed by atoms with van der Waals surface area (Å²) in [6.07, 6.45) is -0.320. The number of nitrogens with one attached hydrogen (secondary N) is 2. The van der Waals surface area contributed by atoms with Gasteiger partial charge in [0.1, 0.15) is 6.26 Å². The van der Waals surface area contributed by atoms with Gasteiger partial charge >= 0.3 is 16.4 Å². The van der Waals surface area contributed by atoms with E-state index in [1.165, 1.54) is 10.4 Å². The van der Waals surface area contributed by atoms with Gasteiger partial charge < -0.3 is 9.73 Å². The maximum atomic E-state index is 12.9. The van der Waals surface area contributed by atoms with Crippen molar-refractivity contribution in [2.24, 2.45) is 0 Å². The first-order valence-corrected chi connectivity index (χ1v) is 10.7. The van der Waals surface area contributed by atoms with Crippen molar-refractivity contribution >= 4 is 27.8 Å². The van der Waals surface area contributed by atoms with Crippen LogP contribution >= 0.6 is 0 Å². The number of anilines is 2. The van der Waals surface area contributed by atoms with Gasteiger partial charge in [0, 0.05) is 18.8 Å². The monoisotopic (exact) mass is 446 g/mol. The second-order valence-corrected chi connectivity index (χ2v) is 8.61. The molecular formula is C18H21F3N4O4S. The minimum absolute atomic E-state index is 0.0934. The van der Waals surface area contributed by atoms with Gasteiger partial charge in [-0.3, -0.25) is 4.79 Å². The number of amides is 1. The van der Waals surface area contributed by atoms with Gasteiger partial charge in [0.15, 0.2) is 5.69 Å². The van der Waals surface area contributed by atoms with Crippen molar-refractivity contribution in [2.45, 2.75) is 38.8 Å².